The van der Waals surface area contributed by atoms with Gasteiger partial charge >= 0.3 is 0 Å². The second-order valence-corrected chi connectivity index (χ2v) is 6.88. The number of nitrogens with zero attached hydrogens (tertiary/aromatic N) is 2. The van der Waals surface area contributed by atoms with Crippen LogP contribution in [0.4, 0.5) is 0 Å². The van der Waals surface area contributed by atoms with Crippen molar-refractivity contribution >= 4 is 39.1 Å². The Morgan fingerprint density at radius 1 is 1.43 bits per heavy atom. The Kier molecular flexibility index (Phi) is 4.39. The predicted octanol–water partition coefficient (Wildman–Crippen LogP) is 3.13. The fourth-order valence-electron chi connectivity index (χ4n) is 2.27. The monoisotopic (exact) mass is 348 g/mol. The summed E-state index contributed by atoms with van der Waals surface area (Å²) in [7, 11) is 0. The predicted molar refractivity (Wildman–Crippen MR) is 94.7 cm³/mol. The Labute approximate surface area is 143 Å². The van der Waals surface area contributed by atoms with Crippen LogP contribution in [-0.2, 0) is 0 Å². The van der Waals surface area contributed by atoms with Crippen molar-refractivity contribution in [3.63, 3.8) is 0 Å². The van der Waals surface area contributed by atoms with Gasteiger partial charge in [0.15, 0.2) is 0 Å². The summed E-state index contributed by atoms with van der Waals surface area (Å²) in [5.74, 6) is -0.105. The molecule has 2 heterocycles. The number of nitrogens with two attached hydrogens (primary N) is 1. The van der Waals surface area contributed by atoms with E-state index in [1.165, 1.54) is 11.3 Å². The van der Waals surface area contributed by atoms with Gasteiger partial charge in [0.2, 0.25) is 0 Å². The lowest BCUT2D eigenvalue weighted by atomic mass is 10.3. The highest BCUT2D eigenvalue weighted by molar-refractivity contribution is 7.20. The van der Waals surface area contributed by atoms with E-state index in [4.69, 9.17) is 17.3 Å². The van der Waals surface area contributed by atoms with Crippen LogP contribution in [0.1, 0.15) is 22.3 Å². The fraction of sp³-hybridized carbons (Fsp3) is 0.250. The summed E-state index contributed by atoms with van der Waals surface area (Å²) in [6, 6.07) is 9.29. The molecule has 120 valence electrons. The van der Waals surface area contributed by atoms with Crippen molar-refractivity contribution in [2.24, 2.45) is 5.73 Å². The third-order valence-corrected chi connectivity index (χ3v) is 4.93. The minimum atomic E-state index is -0.105. The first kappa shape index (κ1) is 16.0. The molecule has 23 heavy (non-hydrogen) atoms. The van der Waals surface area contributed by atoms with Gasteiger partial charge in [-0.2, -0.15) is 5.10 Å². The highest BCUT2D eigenvalue weighted by atomic mass is 35.5. The first-order valence-corrected chi connectivity index (χ1v) is 8.45. The number of rotatable bonds is 4. The van der Waals surface area contributed by atoms with Gasteiger partial charge < -0.3 is 11.1 Å². The summed E-state index contributed by atoms with van der Waals surface area (Å²) in [5.41, 5.74) is 7.35. The number of benzene rings is 1. The topological polar surface area (TPSA) is 72.9 Å². The molecule has 1 atom stereocenters. The molecular formula is C16H17ClN4OS. The van der Waals surface area contributed by atoms with Gasteiger partial charge in [0.05, 0.1) is 16.3 Å². The lowest BCUT2D eigenvalue weighted by Crippen LogP contribution is -2.37. The van der Waals surface area contributed by atoms with Crippen molar-refractivity contribution in [2.75, 3.05) is 6.54 Å². The smallest absolute Gasteiger partial charge is 0.261 e. The number of carbonyl (C=O) groups excluding carboxylic acids is 1. The summed E-state index contributed by atoms with van der Waals surface area (Å²) in [6.07, 6.45) is 0. The maximum atomic E-state index is 12.3. The number of halogens is 1. The molecular weight excluding hydrogens is 332 g/mol. The Morgan fingerprint density at radius 3 is 2.78 bits per heavy atom. The molecule has 0 aliphatic heterocycles. The number of thiophene rings is 1. The van der Waals surface area contributed by atoms with E-state index >= 15 is 0 Å². The molecule has 1 amide bonds. The number of nitrogens with one attached hydrogen (secondary N) is 1. The molecule has 0 aliphatic carbocycles. The molecule has 0 unspecified atom stereocenters. The lowest BCUT2D eigenvalue weighted by Gasteiger charge is -2.09. The molecule has 3 rings (SSSR count). The maximum Gasteiger partial charge on any atom is 0.261 e. The maximum absolute atomic E-state index is 12.3. The number of aromatic nitrogens is 2. The second kappa shape index (κ2) is 6.31. The van der Waals surface area contributed by atoms with Gasteiger partial charge in [0.25, 0.3) is 5.91 Å². The highest BCUT2D eigenvalue weighted by Gasteiger charge is 2.18. The number of aryl methyl sites for hydroxylation is 1. The normalized spacial score (nSPS) is 12.5. The summed E-state index contributed by atoms with van der Waals surface area (Å²) in [4.78, 5) is 13.9. The Balaban J connectivity index is 2.01. The Hall–Kier alpha value is -1.89. The summed E-state index contributed by atoms with van der Waals surface area (Å²) < 4.78 is 1.84. The van der Waals surface area contributed by atoms with Crippen molar-refractivity contribution in [3.8, 4) is 5.69 Å². The van der Waals surface area contributed by atoms with Gasteiger partial charge in [-0.3, -0.25) is 4.79 Å². The van der Waals surface area contributed by atoms with Gasteiger partial charge in [-0.1, -0.05) is 11.6 Å². The van der Waals surface area contributed by atoms with Crippen molar-refractivity contribution in [3.05, 3.63) is 45.9 Å². The van der Waals surface area contributed by atoms with Gasteiger partial charge in [-0.05, 0) is 44.2 Å². The van der Waals surface area contributed by atoms with Gasteiger partial charge in [0, 0.05) is 23.0 Å². The van der Waals surface area contributed by atoms with Gasteiger partial charge in [-0.15, -0.1) is 11.3 Å². The highest BCUT2D eigenvalue weighted by Crippen LogP contribution is 2.30. The van der Waals surface area contributed by atoms with Crippen LogP contribution in [0.25, 0.3) is 15.9 Å². The number of amides is 1. The molecule has 0 saturated heterocycles. The molecule has 0 radical (unpaired) electrons. The first-order valence-electron chi connectivity index (χ1n) is 7.25. The molecule has 3 aromatic rings. The zero-order valence-corrected chi connectivity index (χ0v) is 14.4. The van der Waals surface area contributed by atoms with Crippen molar-refractivity contribution < 1.29 is 4.79 Å². The van der Waals surface area contributed by atoms with E-state index in [0.29, 0.717) is 16.4 Å². The molecule has 0 bridgehead atoms. The van der Waals surface area contributed by atoms with Crippen molar-refractivity contribution in [1.29, 1.82) is 0 Å². The van der Waals surface area contributed by atoms with E-state index in [9.17, 15) is 4.79 Å². The third-order valence-electron chi connectivity index (χ3n) is 3.57. The minimum absolute atomic E-state index is 0.0541. The van der Waals surface area contributed by atoms with Crippen LogP contribution < -0.4 is 11.1 Å². The molecule has 0 saturated carbocycles. The van der Waals surface area contributed by atoms with Gasteiger partial charge in [-0.25, -0.2) is 4.68 Å². The van der Waals surface area contributed by atoms with Crippen LogP contribution >= 0.6 is 22.9 Å². The molecule has 0 aliphatic rings. The standard InChI is InChI=1S/C16H17ClN4OS/c1-9(8-18)19-15(22)14-7-13-10(2)20-21(16(13)23-14)12-5-3-11(17)4-6-12/h3-7,9H,8,18H2,1-2H3,(H,19,22)/t9-/m0/s1. The number of carbonyl (C=O) groups is 1. The van der Waals surface area contributed by atoms with Crippen LogP contribution in [0.5, 0.6) is 0 Å². The average molecular weight is 349 g/mol. The van der Waals surface area contributed by atoms with Crippen LogP contribution in [0, 0.1) is 6.92 Å². The number of hydrogen-bond acceptors (Lipinski definition) is 4. The molecule has 0 spiro atoms. The van der Waals surface area contributed by atoms with E-state index < -0.39 is 0 Å². The largest absolute Gasteiger partial charge is 0.348 e. The van der Waals surface area contributed by atoms with E-state index in [0.717, 1.165) is 21.6 Å². The fourth-order valence-corrected chi connectivity index (χ4v) is 3.48. The molecule has 0 fully saturated rings. The molecule has 7 heteroatoms. The summed E-state index contributed by atoms with van der Waals surface area (Å²) in [5, 5.41) is 9.10. The lowest BCUT2D eigenvalue weighted by molar-refractivity contribution is 0.0945. The van der Waals surface area contributed by atoms with Crippen molar-refractivity contribution in [2.45, 2.75) is 19.9 Å². The van der Waals surface area contributed by atoms with Crippen LogP contribution in [0.3, 0.4) is 0 Å². The Bertz CT molecular complexity index is 853. The summed E-state index contributed by atoms with van der Waals surface area (Å²) >= 11 is 7.36. The number of hydrogen-bond donors (Lipinski definition) is 2. The SMILES string of the molecule is Cc1nn(-c2ccc(Cl)cc2)c2sc(C(=O)N[C@@H](C)CN)cc12. The number of fused-ring (bicyclic) bond motifs is 1. The van der Waals surface area contributed by atoms with E-state index in [1.807, 2.05) is 48.9 Å². The molecule has 3 N–H and O–H groups in total. The van der Waals surface area contributed by atoms with E-state index in [2.05, 4.69) is 10.4 Å². The first-order chi connectivity index (χ1) is 11.0. The summed E-state index contributed by atoms with van der Waals surface area (Å²) in [6.45, 7) is 4.23. The van der Waals surface area contributed by atoms with Crippen LogP contribution in [0.2, 0.25) is 5.02 Å². The molecule has 5 nitrogen and oxygen atoms in total. The van der Waals surface area contributed by atoms with Crippen LogP contribution in [-0.4, -0.2) is 28.3 Å². The van der Waals surface area contributed by atoms with Crippen LogP contribution in [0.15, 0.2) is 30.3 Å². The van der Waals surface area contributed by atoms with Crippen molar-refractivity contribution in [1.82, 2.24) is 15.1 Å². The minimum Gasteiger partial charge on any atom is -0.348 e. The molecule has 1 aromatic carbocycles. The zero-order chi connectivity index (χ0) is 16.6. The average Bonchev–Trinajstić information content (AvgIpc) is 3.09. The zero-order valence-electron chi connectivity index (χ0n) is 12.8. The third kappa shape index (κ3) is 3.10. The second-order valence-electron chi connectivity index (χ2n) is 5.41. The van der Waals surface area contributed by atoms with Gasteiger partial charge in [0.1, 0.15) is 4.83 Å². The molecule has 2 aromatic heterocycles. The van der Waals surface area contributed by atoms with E-state index in [-0.39, 0.29) is 11.9 Å². The van der Waals surface area contributed by atoms with E-state index in [1.54, 1.807) is 0 Å². The quantitative estimate of drug-likeness (QED) is 0.760. The Morgan fingerprint density at radius 2 is 2.13 bits per heavy atom.